The highest BCUT2D eigenvalue weighted by Crippen LogP contribution is 1.99. The normalized spacial score (nSPS) is 12.6. The molecule has 0 aromatic carbocycles. The van der Waals surface area contributed by atoms with E-state index in [-0.39, 0.29) is 24.4 Å². The molecule has 0 rings (SSSR count). The van der Waals surface area contributed by atoms with E-state index in [1.54, 1.807) is 7.05 Å². The fraction of sp³-hybridized carbons (Fsp3) is 0.750. The van der Waals surface area contributed by atoms with E-state index in [9.17, 15) is 9.59 Å². The Morgan fingerprint density at radius 3 is 2.23 bits per heavy atom. The van der Waals surface area contributed by atoms with Crippen LogP contribution in [0.25, 0.3) is 0 Å². The number of carbonyl (C=O) groups is 2. The van der Waals surface area contributed by atoms with Gasteiger partial charge in [-0.1, -0.05) is 13.8 Å². The number of hydrogen-bond acceptors (Lipinski definition) is 3. The van der Waals surface area contributed by atoms with Crippen molar-refractivity contribution in [2.75, 3.05) is 13.6 Å². The number of likely N-dealkylation sites (N-methyl/N-ethyl adjacent to an activating group) is 1. The zero-order valence-corrected chi connectivity index (χ0v) is 8.13. The molecule has 0 spiro atoms. The van der Waals surface area contributed by atoms with Gasteiger partial charge < -0.3 is 15.7 Å². The topological polar surface area (TPSA) is 78.4 Å². The predicted molar refractivity (Wildman–Crippen MR) is 48.3 cm³/mol. The molecule has 0 heterocycles. The zero-order valence-electron chi connectivity index (χ0n) is 8.13. The Labute approximate surface area is 77.5 Å². The molecule has 3 N–H and O–H groups in total. The van der Waals surface area contributed by atoms with Gasteiger partial charge in [0.25, 0.3) is 0 Å². The molecule has 13 heavy (non-hydrogen) atoms. The van der Waals surface area contributed by atoms with E-state index in [2.05, 4.69) is 10.6 Å². The van der Waals surface area contributed by atoms with Crippen LogP contribution in [0.4, 0.5) is 0 Å². The molecule has 76 valence electrons. The fourth-order valence-corrected chi connectivity index (χ4v) is 1.04. The molecule has 0 aliphatic carbocycles. The van der Waals surface area contributed by atoms with Crippen LogP contribution in [0.5, 0.6) is 0 Å². The Balaban J connectivity index is 3.99. The van der Waals surface area contributed by atoms with Gasteiger partial charge in [-0.15, -0.1) is 0 Å². The molecule has 0 bridgehead atoms. The Hall–Kier alpha value is -1.10. The summed E-state index contributed by atoms with van der Waals surface area (Å²) < 4.78 is 0. The van der Waals surface area contributed by atoms with Crippen molar-refractivity contribution in [3.8, 4) is 0 Å². The summed E-state index contributed by atoms with van der Waals surface area (Å²) in [5.41, 5.74) is 0. The molecule has 0 aromatic rings. The van der Waals surface area contributed by atoms with Gasteiger partial charge in [-0.2, -0.15) is 0 Å². The Morgan fingerprint density at radius 1 is 1.38 bits per heavy atom. The monoisotopic (exact) mass is 188 g/mol. The molecule has 0 saturated heterocycles. The van der Waals surface area contributed by atoms with E-state index in [1.165, 1.54) is 0 Å². The van der Waals surface area contributed by atoms with E-state index < -0.39 is 5.97 Å². The predicted octanol–water partition coefficient (Wildman–Crippen LogP) is -0.569. The third-order valence-electron chi connectivity index (χ3n) is 1.67. The maximum absolute atomic E-state index is 11.3. The highest BCUT2D eigenvalue weighted by atomic mass is 16.4. The second-order valence-corrected chi connectivity index (χ2v) is 3.12. The summed E-state index contributed by atoms with van der Waals surface area (Å²) in [5.74, 6) is -1.18. The molecule has 0 fully saturated rings. The van der Waals surface area contributed by atoms with Gasteiger partial charge in [0.2, 0.25) is 5.91 Å². The number of carbonyl (C=O) groups excluding carboxylic acids is 1. The first kappa shape index (κ1) is 11.9. The van der Waals surface area contributed by atoms with Crippen LogP contribution in [0.2, 0.25) is 0 Å². The lowest BCUT2D eigenvalue weighted by Crippen LogP contribution is -2.47. The molecule has 0 saturated carbocycles. The average molecular weight is 188 g/mol. The van der Waals surface area contributed by atoms with Crippen molar-refractivity contribution in [1.82, 2.24) is 10.6 Å². The molecule has 0 unspecified atom stereocenters. The molecule has 5 nitrogen and oxygen atoms in total. The van der Waals surface area contributed by atoms with Crippen LogP contribution in [0.1, 0.15) is 13.8 Å². The van der Waals surface area contributed by atoms with Crippen molar-refractivity contribution < 1.29 is 14.7 Å². The first-order valence-corrected chi connectivity index (χ1v) is 4.15. The number of aliphatic carboxylic acids is 1. The third kappa shape index (κ3) is 4.47. The lowest BCUT2D eigenvalue weighted by molar-refractivity contribution is -0.138. The second-order valence-electron chi connectivity index (χ2n) is 3.12. The highest BCUT2D eigenvalue weighted by molar-refractivity contribution is 5.85. The molecule has 0 aliphatic rings. The molecule has 0 aliphatic heterocycles. The summed E-state index contributed by atoms with van der Waals surface area (Å²) in [6.45, 7) is 3.45. The first-order valence-electron chi connectivity index (χ1n) is 4.15. The van der Waals surface area contributed by atoms with Crippen LogP contribution in [0, 0.1) is 5.92 Å². The van der Waals surface area contributed by atoms with E-state index in [0.717, 1.165) is 0 Å². The van der Waals surface area contributed by atoms with Gasteiger partial charge in [0.15, 0.2) is 0 Å². The maximum Gasteiger partial charge on any atom is 0.322 e. The molecule has 0 aromatic heterocycles. The SMILES string of the molecule is CN[C@H](C(=O)NCC(=O)O)C(C)C. The van der Waals surface area contributed by atoms with Gasteiger partial charge >= 0.3 is 5.97 Å². The average Bonchev–Trinajstić information content (AvgIpc) is 2.01. The summed E-state index contributed by atoms with van der Waals surface area (Å²) >= 11 is 0. The Morgan fingerprint density at radius 2 is 1.92 bits per heavy atom. The van der Waals surface area contributed by atoms with Crippen molar-refractivity contribution in [3.05, 3.63) is 0 Å². The number of amides is 1. The van der Waals surface area contributed by atoms with Crippen molar-refractivity contribution in [2.45, 2.75) is 19.9 Å². The number of nitrogens with one attached hydrogen (secondary N) is 2. The van der Waals surface area contributed by atoms with E-state index in [4.69, 9.17) is 5.11 Å². The fourth-order valence-electron chi connectivity index (χ4n) is 1.04. The Kier molecular flexibility index (Phi) is 5.06. The summed E-state index contributed by atoms with van der Waals surface area (Å²) in [4.78, 5) is 21.4. The number of hydrogen-bond donors (Lipinski definition) is 3. The van der Waals surface area contributed by atoms with Gasteiger partial charge in [-0.3, -0.25) is 9.59 Å². The second kappa shape index (κ2) is 5.53. The number of rotatable bonds is 5. The standard InChI is InChI=1S/C8H16N2O3/c1-5(2)7(9-3)8(13)10-4-6(11)12/h5,7,9H,4H2,1-3H3,(H,10,13)(H,11,12)/t7-/m0/s1. The van der Waals surface area contributed by atoms with Gasteiger partial charge in [-0.05, 0) is 13.0 Å². The van der Waals surface area contributed by atoms with Crippen LogP contribution >= 0.6 is 0 Å². The highest BCUT2D eigenvalue weighted by Gasteiger charge is 2.19. The van der Waals surface area contributed by atoms with Gasteiger partial charge in [0.05, 0.1) is 6.04 Å². The summed E-state index contributed by atoms with van der Waals surface area (Å²) in [7, 11) is 1.67. The van der Waals surface area contributed by atoms with Crippen LogP contribution in [-0.4, -0.2) is 36.6 Å². The third-order valence-corrected chi connectivity index (χ3v) is 1.67. The minimum Gasteiger partial charge on any atom is -0.480 e. The van der Waals surface area contributed by atoms with Gasteiger partial charge in [0, 0.05) is 0 Å². The molecule has 0 radical (unpaired) electrons. The summed E-state index contributed by atoms with van der Waals surface area (Å²) in [5, 5.41) is 13.5. The summed E-state index contributed by atoms with van der Waals surface area (Å²) in [6.07, 6.45) is 0. The summed E-state index contributed by atoms with van der Waals surface area (Å²) in [6, 6.07) is -0.334. The van der Waals surface area contributed by atoms with Crippen molar-refractivity contribution >= 4 is 11.9 Å². The Bertz CT molecular complexity index is 192. The first-order chi connectivity index (χ1) is 5.99. The van der Waals surface area contributed by atoms with Crippen LogP contribution in [-0.2, 0) is 9.59 Å². The van der Waals surface area contributed by atoms with E-state index in [1.807, 2.05) is 13.8 Å². The van der Waals surface area contributed by atoms with Crippen LogP contribution in [0.15, 0.2) is 0 Å². The molecular weight excluding hydrogens is 172 g/mol. The zero-order chi connectivity index (χ0) is 10.4. The van der Waals surface area contributed by atoms with Crippen LogP contribution < -0.4 is 10.6 Å². The number of carboxylic acids is 1. The quantitative estimate of drug-likeness (QED) is 0.540. The molecular formula is C8H16N2O3. The smallest absolute Gasteiger partial charge is 0.322 e. The maximum atomic E-state index is 11.3. The minimum absolute atomic E-state index is 0.138. The van der Waals surface area contributed by atoms with Gasteiger partial charge in [0.1, 0.15) is 6.54 Å². The molecule has 5 heteroatoms. The minimum atomic E-state index is -1.04. The van der Waals surface area contributed by atoms with Crippen molar-refractivity contribution in [3.63, 3.8) is 0 Å². The molecule has 1 amide bonds. The largest absolute Gasteiger partial charge is 0.480 e. The van der Waals surface area contributed by atoms with E-state index in [0.29, 0.717) is 0 Å². The van der Waals surface area contributed by atoms with Gasteiger partial charge in [-0.25, -0.2) is 0 Å². The lowest BCUT2D eigenvalue weighted by atomic mass is 10.0. The van der Waals surface area contributed by atoms with Crippen LogP contribution in [0.3, 0.4) is 0 Å². The lowest BCUT2D eigenvalue weighted by Gasteiger charge is -2.18. The van der Waals surface area contributed by atoms with E-state index >= 15 is 0 Å². The number of carboxylic acid groups (broad SMARTS) is 1. The molecule has 1 atom stereocenters. The van der Waals surface area contributed by atoms with Crippen molar-refractivity contribution in [1.29, 1.82) is 0 Å². The van der Waals surface area contributed by atoms with Crippen molar-refractivity contribution in [2.24, 2.45) is 5.92 Å².